The van der Waals surface area contributed by atoms with E-state index in [4.69, 9.17) is 10.2 Å². The van der Waals surface area contributed by atoms with E-state index in [1.165, 1.54) is 0 Å². The van der Waals surface area contributed by atoms with Crippen molar-refractivity contribution in [3.05, 3.63) is 0 Å². The van der Waals surface area contributed by atoms with Crippen molar-refractivity contribution in [1.82, 2.24) is 0 Å². The minimum Gasteiger partial charge on any atom is -0.466 e. The van der Waals surface area contributed by atoms with Gasteiger partial charge in [0.15, 0.2) is 0 Å². The summed E-state index contributed by atoms with van der Waals surface area (Å²) in [6.07, 6.45) is -1.12. The summed E-state index contributed by atoms with van der Waals surface area (Å²) in [6, 6.07) is 0. The maximum absolute atomic E-state index is 10.5. The van der Waals surface area contributed by atoms with E-state index in [9.17, 15) is 4.79 Å². The molecule has 0 heterocycles. The largest absolute Gasteiger partial charge is 0.466 e. The fraction of sp³-hybridized carbons (Fsp3) is 0.833. The van der Waals surface area contributed by atoms with Crippen LogP contribution in [0.4, 0.5) is 0 Å². The molecule has 0 rings (SSSR count). The summed E-state index contributed by atoms with van der Waals surface area (Å²) in [7, 11) is 0. The number of aliphatic hydroxyl groups excluding tert-OH is 2. The smallest absolute Gasteiger partial charge is 0.308 e. The quantitative estimate of drug-likeness (QED) is 0.517. The Kier molecular flexibility index (Phi) is 4.88. The average molecular weight is 148 g/mol. The van der Waals surface area contributed by atoms with E-state index in [1.807, 2.05) is 0 Å². The highest BCUT2D eigenvalue weighted by Crippen LogP contribution is 1.92. The van der Waals surface area contributed by atoms with E-state index < -0.39 is 18.7 Å². The molecule has 4 nitrogen and oxygen atoms in total. The first kappa shape index (κ1) is 9.39. The van der Waals surface area contributed by atoms with Gasteiger partial charge in [0, 0.05) is 0 Å². The van der Waals surface area contributed by atoms with Crippen molar-refractivity contribution >= 4 is 5.97 Å². The summed E-state index contributed by atoms with van der Waals surface area (Å²) >= 11 is 0. The maximum atomic E-state index is 10.5. The summed E-state index contributed by atoms with van der Waals surface area (Å²) in [5.41, 5.74) is 0. The van der Waals surface area contributed by atoms with Crippen LogP contribution in [0.5, 0.6) is 0 Å². The van der Waals surface area contributed by atoms with Gasteiger partial charge < -0.3 is 14.9 Å². The Bertz CT molecular complexity index is 102. The Morgan fingerprint density at radius 2 is 2.30 bits per heavy atom. The maximum Gasteiger partial charge on any atom is 0.308 e. The third kappa shape index (κ3) is 4.29. The lowest BCUT2D eigenvalue weighted by Crippen LogP contribution is -2.18. The molecular weight excluding hydrogens is 136 g/mol. The lowest BCUT2D eigenvalue weighted by molar-refractivity contribution is -0.145. The van der Waals surface area contributed by atoms with Gasteiger partial charge in [-0.2, -0.15) is 0 Å². The van der Waals surface area contributed by atoms with Crippen LogP contribution in [0.3, 0.4) is 0 Å². The molecule has 0 aliphatic carbocycles. The molecule has 0 amide bonds. The molecule has 0 bridgehead atoms. The van der Waals surface area contributed by atoms with Gasteiger partial charge in [0.2, 0.25) is 0 Å². The summed E-state index contributed by atoms with van der Waals surface area (Å²) in [5, 5.41) is 17.0. The van der Waals surface area contributed by atoms with Crippen molar-refractivity contribution in [2.75, 3.05) is 13.2 Å². The number of ether oxygens (including phenoxy) is 1. The third-order valence-corrected chi connectivity index (χ3v) is 0.918. The van der Waals surface area contributed by atoms with Gasteiger partial charge in [0.25, 0.3) is 0 Å². The van der Waals surface area contributed by atoms with Crippen molar-refractivity contribution in [2.45, 2.75) is 19.4 Å². The van der Waals surface area contributed by atoms with Gasteiger partial charge >= 0.3 is 5.97 Å². The summed E-state index contributed by atoms with van der Waals surface area (Å²) in [6.45, 7) is 1.58. The molecule has 0 saturated carbocycles. The second-order valence-electron chi connectivity index (χ2n) is 1.85. The van der Waals surface area contributed by atoms with Crippen LogP contribution in [-0.2, 0) is 9.53 Å². The van der Waals surface area contributed by atoms with E-state index in [0.717, 1.165) is 0 Å². The Labute approximate surface area is 59.4 Å². The molecule has 0 aliphatic heterocycles. The first-order chi connectivity index (χ1) is 4.70. The Balaban J connectivity index is 3.37. The molecule has 0 aromatic carbocycles. The van der Waals surface area contributed by atoms with Crippen molar-refractivity contribution in [3.63, 3.8) is 0 Å². The first-order valence-electron chi connectivity index (χ1n) is 3.15. The van der Waals surface area contributed by atoms with E-state index in [2.05, 4.69) is 4.74 Å². The SMILES string of the molecule is CCOC(=O)C[C@H](O)CO. The van der Waals surface area contributed by atoms with Crippen molar-refractivity contribution in [1.29, 1.82) is 0 Å². The van der Waals surface area contributed by atoms with E-state index in [-0.39, 0.29) is 6.42 Å². The molecular formula is C6H12O4. The fourth-order valence-electron chi connectivity index (χ4n) is 0.477. The molecule has 2 N–H and O–H groups in total. The molecule has 1 atom stereocenters. The molecule has 0 aliphatic rings. The molecule has 4 heteroatoms. The summed E-state index contributed by atoms with van der Waals surface area (Å²) in [4.78, 5) is 10.5. The van der Waals surface area contributed by atoms with Gasteiger partial charge in [-0.1, -0.05) is 0 Å². The van der Waals surface area contributed by atoms with Crippen LogP contribution in [0.25, 0.3) is 0 Å². The van der Waals surface area contributed by atoms with Gasteiger partial charge in [-0.05, 0) is 6.92 Å². The summed E-state index contributed by atoms with van der Waals surface area (Å²) < 4.78 is 4.50. The average Bonchev–Trinajstić information content (AvgIpc) is 1.88. The third-order valence-electron chi connectivity index (χ3n) is 0.918. The van der Waals surface area contributed by atoms with E-state index in [0.29, 0.717) is 6.61 Å². The van der Waals surface area contributed by atoms with Crippen molar-refractivity contribution < 1.29 is 19.7 Å². The molecule has 0 unspecified atom stereocenters. The molecule has 0 aromatic heterocycles. The van der Waals surface area contributed by atoms with Gasteiger partial charge in [0.1, 0.15) is 0 Å². The zero-order chi connectivity index (χ0) is 7.98. The second-order valence-corrected chi connectivity index (χ2v) is 1.85. The highest BCUT2D eigenvalue weighted by molar-refractivity contribution is 5.69. The predicted molar refractivity (Wildman–Crippen MR) is 34.3 cm³/mol. The van der Waals surface area contributed by atoms with Gasteiger partial charge in [-0.15, -0.1) is 0 Å². The fourth-order valence-corrected chi connectivity index (χ4v) is 0.477. The summed E-state index contributed by atoms with van der Waals surface area (Å²) in [5.74, 6) is -0.482. The Morgan fingerprint density at radius 3 is 2.70 bits per heavy atom. The van der Waals surface area contributed by atoms with Gasteiger partial charge in [-0.3, -0.25) is 4.79 Å². The zero-order valence-electron chi connectivity index (χ0n) is 5.91. The molecule has 0 aromatic rings. The molecule has 10 heavy (non-hydrogen) atoms. The van der Waals surface area contributed by atoms with Crippen LogP contribution in [0.1, 0.15) is 13.3 Å². The molecule has 0 spiro atoms. The zero-order valence-corrected chi connectivity index (χ0v) is 5.91. The highest BCUT2D eigenvalue weighted by atomic mass is 16.5. The lowest BCUT2D eigenvalue weighted by Gasteiger charge is -2.04. The van der Waals surface area contributed by atoms with Crippen LogP contribution >= 0.6 is 0 Å². The first-order valence-corrected chi connectivity index (χ1v) is 3.15. The Morgan fingerprint density at radius 1 is 1.70 bits per heavy atom. The van der Waals surface area contributed by atoms with E-state index >= 15 is 0 Å². The lowest BCUT2D eigenvalue weighted by atomic mass is 10.3. The standard InChI is InChI=1S/C6H12O4/c1-2-10-6(9)3-5(8)4-7/h5,7-8H,2-4H2,1H3/t5-/m0/s1. The number of esters is 1. The van der Waals surface area contributed by atoms with Gasteiger partial charge in [-0.25, -0.2) is 0 Å². The monoisotopic (exact) mass is 148 g/mol. The number of carbonyl (C=O) groups is 1. The van der Waals surface area contributed by atoms with Gasteiger partial charge in [0.05, 0.1) is 25.7 Å². The number of carbonyl (C=O) groups excluding carboxylic acids is 1. The molecule has 60 valence electrons. The van der Waals surface area contributed by atoms with Crippen LogP contribution in [0.2, 0.25) is 0 Å². The normalized spacial score (nSPS) is 12.7. The second kappa shape index (κ2) is 5.20. The van der Waals surface area contributed by atoms with Crippen molar-refractivity contribution in [3.8, 4) is 0 Å². The molecule has 0 saturated heterocycles. The van der Waals surface area contributed by atoms with Crippen LogP contribution in [-0.4, -0.2) is 35.5 Å². The minimum atomic E-state index is -0.987. The van der Waals surface area contributed by atoms with Crippen LogP contribution < -0.4 is 0 Å². The van der Waals surface area contributed by atoms with Crippen molar-refractivity contribution in [2.24, 2.45) is 0 Å². The minimum absolute atomic E-state index is 0.135. The predicted octanol–water partition coefficient (Wildman–Crippen LogP) is -0.707. The number of rotatable bonds is 4. The van der Waals surface area contributed by atoms with Crippen LogP contribution in [0.15, 0.2) is 0 Å². The van der Waals surface area contributed by atoms with E-state index in [1.54, 1.807) is 6.92 Å². The topological polar surface area (TPSA) is 66.8 Å². The number of hydrogen-bond donors (Lipinski definition) is 2. The van der Waals surface area contributed by atoms with Crippen LogP contribution in [0, 0.1) is 0 Å². The molecule has 0 fully saturated rings. The number of aliphatic hydroxyl groups is 2. The highest BCUT2D eigenvalue weighted by Gasteiger charge is 2.09. The Hall–Kier alpha value is -0.610. The number of hydrogen-bond acceptors (Lipinski definition) is 4. The molecule has 0 radical (unpaired) electrons.